The quantitative estimate of drug-likeness (QED) is 0.773. The number of carbonyl (C=O) groups is 2. The van der Waals surface area contributed by atoms with E-state index in [0.717, 1.165) is 16.8 Å². The molecule has 162 valence electrons. The molecule has 0 saturated carbocycles. The number of fused-ring (bicyclic) bond motifs is 1. The molecular formula is C23H22N6O3. The number of benzene rings is 1. The molecule has 5 rings (SSSR count). The van der Waals surface area contributed by atoms with E-state index in [2.05, 4.69) is 20.6 Å². The lowest BCUT2D eigenvalue weighted by atomic mass is 10.1. The summed E-state index contributed by atoms with van der Waals surface area (Å²) >= 11 is 0. The van der Waals surface area contributed by atoms with Gasteiger partial charge in [0, 0.05) is 30.5 Å². The van der Waals surface area contributed by atoms with Crippen LogP contribution in [0.5, 0.6) is 5.75 Å². The Morgan fingerprint density at radius 3 is 2.69 bits per heavy atom. The molecule has 0 atom stereocenters. The number of aromatic nitrogens is 2. The number of nitrogens with one attached hydrogen (secondary N) is 2. The van der Waals surface area contributed by atoms with Crippen molar-refractivity contribution in [1.29, 1.82) is 0 Å². The van der Waals surface area contributed by atoms with E-state index in [4.69, 9.17) is 4.74 Å². The highest BCUT2D eigenvalue weighted by Gasteiger charge is 2.33. The lowest BCUT2D eigenvalue weighted by Crippen LogP contribution is -2.56. The second-order valence-corrected chi connectivity index (χ2v) is 7.83. The second kappa shape index (κ2) is 8.18. The van der Waals surface area contributed by atoms with Crippen molar-refractivity contribution in [2.75, 3.05) is 25.0 Å². The lowest BCUT2D eigenvalue weighted by molar-refractivity contribution is 0.0173. The van der Waals surface area contributed by atoms with E-state index in [0.29, 0.717) is 36.8 Å². The van der Waals surface area contributed by atoms with E-state index < -0.39 is 0 Å². The van der Waals surface area contributed by atoms with Gasteiger partial charge in [-0.15, -0.1) is 0 Å². The number of anilines is 1. The summed E-state index contributed by atoms with van der Waals surface area (Å²) in [5, 5.41) is 5.93. The van der Waals surface area contributed by atoms with Crippen LogP contribution < -0.4 is 15.4 Å². The molecule has 4 heterocycles. The molecule has 0 radical (unpaired) electrons. The predicted octanol–water partition coefficient (Wildman–Crippen LogP) is 2.42. The fraction of sp³-hybridized carbons (Fsp3) is 0.217. The SMILES string of the molecule is Cc1cnc(C(=O)N2CC(Oc3ccc(NC(=O)N4C=C5C=CNC=C5C4)cc3)C2)cn1. The first-order chi connectivity index (χ1) is 15.5. The number of nitrogens with zero attached hydrogens (tertiary/aromatic N) is 4. The Labute approximate surface area is 185 Å². The number of aryl methyl sites for hydroxylation is 1. The maximum absolute atomic E-state index is 12.5. The summed E-state index contributed by atoms with van der Waals surface area (Å²) in [6.45, 7) is 3.35. The third kappa shape index (κ3) is 4.04. The number of carbonyl (C=O) groups excluding carboxylic acids is 2. The van der Waals surface area contributed by atoms with Gasteiger partial charge in [0.2, 0.25) is 0 Å². The number of allylic oxidation sites excluding steroid dienone is 1. The van der Waals surface area contributed by atoms with Crippen LogP contribution in [0.4, 0.5) is 10.5 Å². The van der Waals surface area contributed by atoms with Gasteiger partial charge in [0.05, 0.1) is 31.5 Å². The van der Waals surface area contributed by atoms with Crippen molar-refractivity contribution in [2.45, 2.75) is 13.0 Å². The van der Waals surface area contributed by atoms with Crippen molar-refractivity contribution >= 4 is 17.6 Å². The molecule has 0 aliphatic carbocycles. The van der Waals surface area contributed by atoms with E-state index in [-0.39, 0.29) is 18.0 Å². The highest BCUT2D eigenvalue weighted by atomic mass is 16.5. The second-order valence-electron chi connectivity index (χ2n) is 7.83. The number of dihydropyridines is 1. The average Bonchev–Trinajstić information content (AvgIpc) is 3.22. The van der Waals surface area contributed by atoms with Gasteiger partial charge in [-0.3, -0.25) is 14.7 Å². The standard InChI is InChI=1S/C23H22N6O3/c1-15-8-26-21(10-25-15)22(30)28-13-20(14-28)32-19-4-2-18(3-5-19)27-23(31)29-11-16-6-7-24-9-17(16)12-29/h2-11,20,24H,12-14H2,1H3,(H,27,31). The van der Waals surface area contributed by atoms with Gasteiger partial charge < -0.3 is 20.3 Å². The van der Waals surface area contributed by atoms with Gasteiger partial charge in [-0.1, -0.05) is 0 Å². The number of urea groups is 1. The molecule has 9 heteroatoms. The maximum Gasteiger partial charge on any atom is 0.326 e. The monoisotopic (exact) mass is 430 g/mol. The highest BCUT2D eigenvalue weighted by molar-refractivity contribution is 5.92. The first-order valence-corrected chi connectivity index (χ1v) is 10.3. The summed E-state index contributed by atoms with van der Waals surface area (Å²) in [5.74, 6) is 0.542. The number of hydrogen-bond donors (Lipinski definition) is 2. The lowest BCUT2D eigenvalue weighted by Gasteiger charge is -2.38. The molecule has 1 saturated heterocycles. The summed E-state index contributed by atoms with van der Waals surface area (Å²) < 4.78 is 5.93. The zero-order chi connectivity index (χ0) is 22.1. The normalized spacial score (nSPS) is 17.0. The van der Waals surface area contributed by atoms with E-state index in [9.17, 15) is 9.59 Å². The van der Waals surface area contributed by atoms with Gasteiger partial charge in [0.15, 0.2) is 0 Å². The molecule has 0 unspecified atom stereocenters. The molecule has 3 amide bonds. The van der Waals surface area contributed by atoms with Gasteiger partial charge in [-0.05, 0) is 48.4 Å². The third-order valence-electron chi connectivity index (χ3n) is 5.43. The van der Waals surface area contributed by atoms with E-state index >= 15 is 0 Å². The molecule has 0 spiro atoms. The number of likely N-dealkylation sites (tertiary alicyclic amines) is 1. The Kier molecular flexibility index (Phi) is 5.06. The number of ether oxygens (including phenoxy) is 1. The van der Waals surface area contributed by atoms with Crippen molar-refractivity contribution in [3.05, 3.63) is 83.9 Å². The van der Waals surface area contributed by atoms with Gasteiger partial charge in [0.25, 0.3) is 5.91 Å². The minimum Gasteiger partial charge on any atom is -0.487 e. The van der Waals surface area contributed by atoms with Crippen LogP contribution in [0.25, 0.3) is 0 Å². The van der Waals surface area contributed by atoms with E-state index in [1.807, 2.05) is 43.7 Å². The average molecular weight is 430 g/mol. The first-order valence-electron chi connectivity index (χ1n) is 10.3. The van der Waals surface area contributed by atoms with E-state index in [1.54, 1.807) is 28.1 Å². The molecule has 1 aromatic heterocycles. The fourth-order valence-electron chi connectivity index (χ4n) is 3.62. The number of amides is 3. The van der Waals surface area contributed by atoms with Crippen LogP contribution in [0, 0.1) is 6.92 Å². The van der Waals surface area contributed by atoms with Gasteiger partial charge in [-0.25, -0.2) is 9.78 Å². The topological polar surface area (TPSA) is 99.7 Å². The molecule has 32 heavy (non-hydrogen) atoms. The Morgan fingerprint density at radius 1 is 1.16 bits per heavy atom. The van der Waals surface area contributed by atoms with Crippen LogP contribution in [-0.2, 0) is 0 Å². The molecule has 0 bridgehead atoms. The van der Waals surface area contributed by atoms with Crippen LogP contribution in [0.1, 0.15) is 16.2 Å². The van der Waals surface area contributed by atoms with Gasteiger partial charge in [-0.2, -0.15) is 0 Å². The largest absolute Gasteiger partial charge is 0.487 e. The molecule has 2 aromatic rings. The van der Waals surface area contributed by atoms with Crippen LogP contribution in [0.15, 0.2) is 72.5 Å². The zero-order valence-electron chi connectivity index (χ0n) is 17.5. The van der Waals surface area contributed by atoms with Crippen molar-refractivity contribution in [1.82, 2.24) is 25.1 Å². The summed E-state index contributed by atoms with van der Waals surface area (Å²) in [6, 6.07) is 7.02. The maximum atomic E-state index is 12.5. The Morgan fingerprint density at radius 2 is 1.97 bits per heavy atom. The molecule has 1 aromatic carbocycles. The minimum absolute atomic E-state index is 0.0766. The summed E-state index contributed by atoms with van der Waals surface area (Å²) in [4.78, 5) is 36.5. The van der Waals surface area contributed by atoms with Crippen LogP contribution >= 0.6 is 0 Å². The third-order valence-corrected chi connectivity index (χ3v) is 5.43. The van der Waals surface area contributed by atoms with Crippen LogP contribution in [-0.4, -0.2) is 57.4 Å². The number of rotatable bonds is 4. The summed E-state index contributed by atoms with van der Waals surface area (Å²) in [5.41, 5.74) is 3.90. The number of hydrogen-bond acceptors (Lipinski definition) is 6. The Balaban J connectivity index is 1.11. The van der Waals surface area contributed by atoms with Crippen molar-refractivity contribution in [3.8, 4) is 5.75 Å². The molecule has 3 aliphatic rings. The molecule has 9 nitrogen and oxygen atoms in total. The summed E-state index contributed by atoms with van der Waals surface area (Å²) in [6.07, 6.45) is 10.5. The van der Waals surface area contributed by atoms with Crippen LogP contribution in [0.3, 0.4) is 0 Å². The Hall–Kier alpha value is -4.14. The molecule has 3 aliphatic heterocycles. The highest BCUT2D eigenvalue weighted by Crippen LogP contribution is 2.25. The zero-order valence-corrected chi connectivity index (χ0v) is 17.5. The van der Waals surface area contributed by atoms with E-state index in [1.165, 1.54) is 6.20 Å². The predicted molar refractivity (Wildman–Crippen MR) is 118 cm³/mol. The molecular weight excluding hydrogens is 408 g/mol. The van der Waals surface area contributed by atoms with Crippen molar-refractivity contribution in [3.63, 3.8) is 0 Å². The van der Waals surface area contributed by atoms with Crippen LogP contribution in [0.2, 0.25) is 0 Å². The summed E-state index contributed by atoms with van der Waals surface area (Å²) in [7, 11) is 0. The van der Waals surface area contributed by atoms with Crippen molar-refractivity contribution in [2.24, 2.45) is 0 Å². The molecule has 1 fully saturated rings. The molecule has 2 N–H and O–H groups in total. The first kappa shape index (κ1) is 19.8. The van der Waals surface area contributed by atoms with Gasteiger partial charge in [0.1, 0.15) is 17.5 Å². The fourth-order valence-corrected chi connectivity index (χ4v) is 3.62. The van der Waals surface area contributed by atoms with Gasteiger partial charge >= 0.3 is 6.03 Å². The smallest absolute Gasteiger partial charge is 0.326 e. The minimum atomic E-state index is -0.192. The Bertz CT molecular complexity index is 1130. The van der Waals surface area contributed by atoms with Crippen molar-refractivity contribution < 1.29 is 14.3 Å².